The molecule has 7 heteroatoms. The topological polar surface area (TPSA) is 67.4 Å². The Bertz CT molecular complexity index is 620. The summed E-state index contributed by atoms with van der Waals surface area (Å²) in [6.45, 7) is 7.71. The lowest BCUT2D eigenvalue weighted by molar-refractivity contribution is 0.144. The maximum absolute atomic E-state index is 5.97. The van der Waals surface area contributed by atoms with E-state index in [1.54, 1.807) is 21.3 Å². The second-order valence-corrected chi connectivity index (χ2v) is 7.42. The number of ether oxygens (including phenoxy) is 3. The zero-order valence-corrected chi connectivity index (χ0v) is 18.5. The van der Waals surface area contributed by atoms with Crippen LogP contribution in [-0.2, 0) is 16.0 Å². The van der Waals surface area contributed by atoms with Crippen LogP contribution in [0.4, 0.5) is 0 Å². The van der Waals surface area contributed by atoms with E-state index >= 15 is 0 Å². The van der Waals surface area contributed by atoms with Gasteiger partial charge in [0, 0.05) is 72.1 Å². The summed E-state index contributed by atoms with van der Waals surface area (Å²) in [7, 11) is 5.27. The fraction of sp³-hybridized carbons (Fsp3) is 0.682. The molecule has 0 amide bonds. The van der Waals surface area contributed by atoms with Crippen LogP contribution in [-0.4, -0.2) is 77.6 Å². The van der Waals surface area contributed by atoms with Gasteiger partial charge in [0.25, 0.3) is 0 Å². The van der Waals surface area contributed by atoms with Crippen LogP contribution >= 0.6 is 0 Å². The predicted octanol–water partition coefficient (Wildman–Crippen LogP) is 2.19. The SMILES string of the molecule is CN=C(NCCN(CCOC)C1CC1)NCc1ccc(C)cc1OCCCOC. The molecule has 0 radical (unpaired) electrons. The molecule has 1 aromatic carbocycles. The Labute approximate surface area is 175 Å². The van der Waals surface area contributed by atoms with E-state index in [0.717, 1.165) is 56.0 Å². The monoisotopic (exact) mass is 406 g/mol. The Balaban J connectivity index is 1.79. The molecule has 164 valence electrons. The second-order valence-electron chi connectivity index (χ2n) is 7.42. The smallest absolute Gasteiger partial charge is 0.191 e. The van der Waals surface area contributed by atoms with Crippen LogP contribution in [0.15, 0.2) is 23.2 Å². The first-order valence-electron chi connectivity index (χ1n) is 10.6. The quantitative estimate of drug-likeness (QED) is 0.280. The van der Waals surface area contributed by atoms with Gasteiger partial charge in [0.1, 0.15) is 5.75 Å². The predicted molar refractivity (Wildman–Crippen MR) is 118 cm³/mol. The number of hydrogen-bond acceptors (Lipinski definition) is 5. The number of aliphatic imine (C=N–C) groups is 1. The maximum atomic E-state index is 5.97. The number of nitrogens with zero attached hydrogens (tertiary/aromatic N) is 2. The van der Waals surface area contributed by atoms with Crippen LogP contribution in [0.2, 0.25) is 0 Å². The van der Waals surface area contributed by atoms with Gasteiger partial charge in [-0.2, -0.15) is 0 Å². The van der Waals surface area contributed by atoms with E-state index in [-0.39, 0.29) is 0 Å². The van der Waals surface area contributed by atoms with Crippen molar-refractivity contribution in [2.45, 2.75) is 38.8 Å². The summed E-state index contributed by atoms with van der Waals surface area (Å²) in [6.07, 6.45) is 3.48. The minimum atomic E-state index is 0.649. The molecule has 0 aliphatic heterocycles. The van der Waals surface area contributed by atoms with Crippen LogP contribution < -0.4 is 15.4 Å². The fourth-order valence-corrected chi connectivity index (χ4v) is 3.17. The van der Waals surface area contributed by atoms with E-state index in [4.69, 9.17) is 14.2 Å². The van der Waals surface area contributed by atoms with E-state index in [0.29, 0.717) is 19.8 Å². The van der Waals surface area contributed by atoms with Crippen molar-refractivity contribution in [3.8, 4) is 5.75 Å². The van der Waals surface area contributed by atoms with Crippen LogP contribution in [0.3, 0.4) is 0 Å². The van der Waals surface area contributed by atoms with Crippen LogP contribution in [0, 0.1) is 6.92 Å². The first-order chi connectivity index (χ1) is 14.2. The number of guanidine groups is 1. The van der Waals surface area contributed by atoms with Gasteiger partial charge in [-0.05, 0) is 31.4 Å². The van der Waals surface area contributed by atoms with Crippen molar-refractivity contribution in [3.05, 3.63) is 29.3 Å². The molecule has 0 atom stereocenters. The van der Waals surface area contributed by atoms with Crippen LogP contribution in [0.25, 0.3) is 0 Å². The van der Waals surface area contributed by atoms with Crippen molar-refractivity contribution in [3.63, 3.8) is 0 Å². The van der Waals surface area contributed by atoms with Crippen molar-refractivity contribution in [1.82, 2.24) is 15.5 Å². The Morgan fingerprint density at radius 3 is 2.59 bits per heavy atom. The highest BCUT2D eigenvalue weighted by atomic mass is 16.5. The molecule has 2 N–H and O–H groups in total. The normalized spacial score (nSPS) is 14.3. The van der Waals surface area contributed by atoms with Gasteiger partial charge in [0.15, 0.2) is 5.96 Å². The third kappa shape index (κ3) is 9.02. The number of hydrogen-bond donors (Lipinski definition) is 2. The molecule has 1 aliphatic carbocycles. The molecule has 1 saturated carbocycles. The minimum Gasteiger partial charge on any atom is -0.493 e. The van der Waals surface area contributed by atoms with E-state index < -0.39 is 0 Å². The summed E-state index contributed by atoms with van der Waals surface area (Å²) in [4.78, 5) is 6.85. The third-order valence-electron chi connectivity index (χ3n) is 4.98. The van der Waals surface area contributed by atoms with Crippen molar-refractivity contribution in [2.75, 3.05) is 60.7 Å². The zero-order chi connectivity index (χ0) is 20.9. The summed E-state index contributed by atoms with van der Waals surface area (Å²) in [5.41, 5.74) is 2.31. The summed E-state index contributed by atoms with van der Waals surface area (Å²) in [6, 6.07) is 7.04. The molecule has 0 heterocycles. The molecule has 1 aromatic rings. The first kappa shape index (κ1) is 23.4. The molecule has 0 aromatic heterocycles. The molecule has 1 aliphatic rings. The molecule has 0 saturated heterocycles. The van der Waals surface area contributed by atoms with Gasteiger partial charge in [0.05, 0.1) is 13.2 Å². The highest BCUT2D eigenvalue weighted by molar-refractivity contribution is 5.79. The van der Waals surface area contributed by atoms with Crippen molar-refractivity contribution in [2.24, 2.45) is 4.99 Å². The molecule has 0 unspecified atom stereocenters. The number of rotatable bonds is 14. The summed E-state index contributed by atoms with van der Waals surface area (Å²) in [5, 5.41) is 6.82. The lowest BCUT2D eigenvalue weighted by Gasteiger charge is -2.22. The van der Waals surface area contributed by atoms with E-state index in [1.807, 2.05) is 0 Å². The Hall–Kier alpha value is -1.83. The van der Waals surface area contributed by atoms with Gasteiger partial charge in [0.2, 0.25) is 0 Å². The Morgan fingerprint density at radius 2 is 1.90 bits per heavy atom. The van der Waals surface area contributed by atoms with E-state index in [9.17, 15) is 0 Å². The highest BCUT2D eigenvalue weighted by Gasteiger charge is 2.28. The van der Waals surface area contributed by atoms with Crippen molar-refractivity contribution < 1.29 is 14.2 Å². The molecule has 0 spiro atoms. The van der Waals surface area contributed by atoms with Crippen LogP contribution in [0.1, 0.15) is 30.4 Å². The summed E-state index contributed by atoms with van der Waals surface area (Å²) < 4.78 is 16.3. The van der Waals surface area contributed by atoms with Gasteiger partial charge in [-0.3, -0.25) is 9.89 Å². The Kier molecular flexibility index (Phi) is 10.8. The van der Waals surface area contributed by atoms with Crippen molar-refractivity contribution in [1.29, 1.82) is 0 Å². The number of aryl methyl sites for hydroxylation is 1. The first-order valence-corrected chi connectivity index (χ1v) is 10.6. The zero-order valence-electron chi connectivity index (χ0n) is 18.5. The largest absolute Gasteiger partial charge is 0.493 e. The summed E-state index contributed by atoms with van der Waals surface area (Å²) in [5.74, 6) is 1.72. The average Bonchev–Trinajstić information content (AvgIpc) is 3.56. The van der Waals surface area contributed by atoms with Gasteiger partial charge < -0.3 is 24.8 Å². The standard InChI is InChI=1S/C22H38N4O3/c1-18-6-7-19(21(16-18)29-14-5-13-27-3)17-25-22(23-2)24-10-11-26(12-15-28-4)20-8-9-20/h6-7,16,20H,5,8-15,17H2,1-4H3,(H2,23,24,25). The number of nitrogens with one attached hydrogen (secondary N) is 2. The van der Waals surface area contributed by atoms with Gasteiger partial charge in [-0.15, -0.1) is 0 Å². The second kappa shape index (κ2) is 13.4. The number of methoxy groups -OCH3 is 2. The summed E-state index contributed by atoms with van der Waals surface area (Å²) >= 11 is 0. The third-order valence-corrected chi connectivity index (χ3v) is 4.98. The number of benzene rings is 1. The average molecular weight is 407 g/mol. The van der Waals surface area contributed by atoms with Crippen molar-refractivity contribution >= 4 is 5.96 Å². The molecule has 2 rings (SSSR count). The molecular formula is C22H38N4O3. The molecule has 7 nitrogen and oxygen atoms in total. The van der Waals surface area contributed by atoms with Gasteiger partial charge in [-0.1, -0.05) is 12.1 Å². The van der Waals surface area contributed by atoms with Crippen LogP contribution in [0.5, 0.6) is 5.75 Å². The molecule has 0 bridgehead atoms. The lowest BCUT2D eigenvalue weighted by Crippen LogP contribution is -2.42. The minimum absolute atomic E-state index is 0.649. The fourth-order valence-electron chi connectivity index (χ4n) is 3.17. The highest BCUT2D eigenvalue weighted by Crippen LogP contribution is 2.26. The van der Waals surface area contributed by atoms with Gasteiger partial charge >= 0.3 is 0 Å². The maximum Gasteiger partial charge on any atom is 0.191 e. The van der Waals surface area contributed by atoms with E-state index in [2.05, 4.69) is 45.6 Å². The molecule has 1 fully saturated rings. The molecular weight excluding hydrogens is 368 g/mol. The Morgan fingerprint density at radius 1 is 1.10 bits per heavy atom. The van der Waals surface area contributed by atoms with Gasteiger partial charge in [-0.25, -0.2) is 0 Å². The molecule has 29 heavy (non-hydrogen) atoms. The van der Waals surface area contributed by atoms with E-state index in [1.165, 1.54) is 18.4 Å². The lowest BCUT2D eigenvalue weighted by atomic mass is 10.1.